The molecule has 408 valence electrons. The van der Waals surface area contributed by atoms with Crippen LogP contribution in [-0.2, 0) is 42.9 Å². The molecule has 6 atom stereocenters. The first-order valence-electron chi connectivity index (χ1n) is 28.3. The number of aliphatic hydroxyl groups is 2. The zero-order chi connectivity index (χ0) is 51.8. The molecule has 6 unspecified atom stereocenters. The molecule has 1 fully saturated rings. The lowest BCUT2D eigenvalue weighted by atomic mass is 9.98. The molecule has 0 aliphatic carbocycles. The number of esters is 3. The number of hydrogen-bond acceptors (Lipinski definition) is 11. The van der Waals surface area contributed by atoms with Gasteiger partial charge in [-0.25, -0.2) is 4.79 Å². The average molecular weight is 1000 g/mol. The summed E-state index contributed by atoms with van der Waals surface area (Å²) in [5.74, 6) is -3.23. The van der Waals surface area contributed by atoms with Crippen LogP contribution in [0.25, 0.3) is 0 Å². The lowest BCUT2D eigenvalue weighted by molar-refractivity contribution is -0.301. The van der Waals surface area contributed by atoms with Crippen molar-refractivity contribution >= 4 is 23.9 Å². The minimum atomic E-state index is -1.91. The van der Waals surface area contributed by atoms with Gasteiger partial charge in [-0.1, -0.05) is 210 Å². The highest BCUT2D eigenvalue weighted by Crippen LogP contribution is 2.26. The molecular formula is C59H100O12. The van der Waals surface area contributed by atoms with Crippen LogP contribution < -0.4 is 0 Å². The van der Waals surface area contributed by atoms with Crippen molar-refractivity contribution in [1.82, 2.24) is 0 Å². The van der Waals surface area contributed by atoms with Crippen LogP contribution in [0.4, 0.5) is 0 Å². The van der Waals surface area contributed by atoms with Gasteiger partial charge in [0, 0.05) is 19.3 Å². The molecule has 0 aromatic carbocycles. The number of allylic oxidation sites excluding steroid dienone is 10. The van der Waals surface area contributed by atoms with Gasteiger partial charge < -0.3 is 39.0 Å². The Morgan fingerprint density at radius 3 is 1.41 bits per heavy atom. The van der Waals surface area contributed by atoms with Gasteiger partial charge in [-0.15, -0.1) is 0 Å². The van der Waals surface area contributed by atoms with Crippen LogP contribution in [0.3, 0.4) is 0 Å². The first kappa shape index (κ1) is 65.4. The topological polar surface area (TPSA) is 175 Å². The van der Waals surface area contributed by atoms with Crippen LogP contribution >= 0.6 is 0 Å². The highest BCUT2D eigenvalue weighted by molar-refractivity contribution is 5.74. The molecule has 0 amide bonds. The molecule has 1 aliphatic heterocycles. The Morgan fingerprint density at radius 1 is 0.479 bits per heavy atom. The van der Waals surface area contributed by atoms with Gasteiger partial charge in [-0.3, -0.25) is 14.4 Å². The number of ether oxygens (including phenoxy) is 5. The van der Waals surface area contributed by atoms with Crippen LogP contribution in [-0.4, -0.2) is 89.2 Å². The fourth-order valence-electron chi connectivity index (χ4n) is 8.26. The molecule has 0 bridgehead atoms. The van der Waals surface area contributed by atoms with E-state index in [1.165, 1.54) is 96.3 Å². The largest absolute Gasteiger partial charge is 0.479 e. The number of carbonyl (C=O) groups is 4. The van der Waals surface area contributed by atoms with Crippen molar-refractivity contribution in [2.24, 2.45) is 0 Å². The average Bonchev–Trinajstić information content (AvgIpc) is 3.35. The fourth-order valence-corrected chi connectivity index (χ4v) is 8.26. The van der Waals surface area contributed by atoms with Crippen LogP contribution in [0.15, 0.2) is 60.8 Å². The maximum atomic E-state index is 13.1. The summed E-state index contributed by atoms with van der Waals surface area (Å²) in [5.41, 5.74) is 0. The van der Waals surface area contributed by atoms with E-state index in [4.69, 9.17) is 23.7 Å². The second-order valence-electron chi connectivity index (χ2n) is 19.2. The Balaban J connectivity index is 2.74. The SMILES string of the molecule is CC/C=C\C/C=C\C/C=C\C/C=C\CCC(=O)OCC(COC1OC(C(=O)O)C(O)C(O)C1OC(=O)CCCCCCC/C=C\CCCCCCCC)OC(=O)CCCCCCCCCCCCCCC. The monoisotopic (exact) mass is 1000 g/mol. The highest BCUT2D eigenvalue weighted by Gasteiger charge is 2.50. The summed E-state index contributed by atoms with van der Waals surface area (Å²) in [4.78, 5) is 50.9. The van der Waals surface area contributed by atoms with Crippen LogP contribution in [0, 0.1) is 0 Å². The smallest absolute Gasteiger partial charge is 0.335 e. The molecule has 3 N–H and O–H groups in total. The highest BCUT2D eigenvalue weighted by atomic mass is 16.7. The Bertz CT molecular complexity index is 1470. The molecule has 1 rings (SSSR count). The maximum Gasteiger partial charge on any atom is 0.335 e. The van der Waals surface area contributed by atoms with E-state index in [0.29, 0.717) is 19.3 Å². The van der Waals surface area contributed by atoms with E-state index in [0.717, 1.165) is 83.5 Å². The summed E-state index contributed by atoms with van der Waals surface area (Å²) >= 11 is 0. The minimum Gasteiger partial charge on any atom is -0.479 e. The van der Waals surface area contributed by atoms with Crippen molar-refractivity contribution in [3.63, 3.8) is 0 Å². The predicted octanol–water partition coefficient (Wildman–Crippen LogP) is 14.0. The van der Waals surface area contributed by atoms with Crippen LogP contribution in [0.1, 0.15) is 239 Å². The molecule has 1 aliphatic rings. The molecular weight excluding hydrogens is 901 g/mol. The summed E-state index contributed by atoms with van der Waals surface area (Å²) in [6.45, 7) is 5.80. The Labute approximate surface area is 430 Å². The number of carboxylic acids is 1. The molecule has 0 spiro atoms. The molecule has 0 radical (unpaired) electrons. The minimum absolute atomic E-state index is 0.0445. The van der Waals surface area contributed by atoms with Crippen LogP contribution in [0.2, 0.25) is 0 Å². The summed E-state index contributed by atoms with van der Waals surface area (Å²) < 4.78 is 28.3. The number of aliphatic carboxylic acids is 1. The van der Waals surface area contributed by atoms with Gasteiger partial charge in [-0.2, -0.15) is 0 Å². The van der Waals surface area contributed by atoms with Crippen LogP contribution in [0.5, 0.6) is 0 Å². The van der Waals surface area contributed by atoms with E-state index in [-0.39, 0.29) is 25.9 Å². The molecule has 0 saturated carbocycles. The van der Waals surface area contributed by atoms with Crippen molar-refractivity contribution in [2.45, 2.75) is 276 Å². The van der Waals surface area contributed by atoms with Gasteiger partial charge in [0.25, 0.3) is 0 Å². The van der Waals surface area contributed by atoms with Crippen molar-refractivity contribution < 1.29 is 58.2 Å². The summed E-state index contributed by atoms with van der Waals surface area (Å²) in [6.07, 6.45) is 45.0. The van der Waals surface area contributed by atoms with Gasteiger partial charge >= 0.3 is 23.9 Å². The molecule has 1 heterocycles. The molecule has 12 nitrogen and oxygen atoms in total. The molecule has 0 aromatic rings. The van der Waals surface area contributed by atoms with Gasteiger partial charge in [0.2, 0.25) is 0 Å². The van der Waals surface area contributed by atoms with Gasteiger partial charge in [0.15, 0.2) is 24.6 Å². The lowest BCUT2D eigenvalue weighted by Gasteiger charge is -2.40. The third kappa shape index (κ3) is 37.8. The van der Waals surface area contributed by atoms with Crippen molar-refractivity contribution in [1.29, 1.82) is 0 Å². The Hall–Kier alpha value is -3.58. The fraction of sp³-hybridized carbons (Fsp3) is 0.763. The second-order valence-corrected chi connectivity index (χ2v) is 19.2. The lowest BCUT2D eigenvalue weighted by Crippen LogP contribution is -2.61. The number of hydrogen-bond donors (Lipinski definition) is 3. The van der Waals surface area contributed by atoms with Gasteiger partial charge in [0.1, 0.15) is 18.8 Å². The second kappa shape index (κ2) is 47.4. The molecule has 12 heteroatoms. The molecule has 1 saturated heterocycles. The summed E-state index contributed by atoms with van der Waals surface area (Å²) in [6, 6.07) is 0. The molecule has 71 heavy (non-hydrogen) atoms. The predicted molar refractivity (Wildman–Crippen MR) is 285 cm³/mol. The van der Waals surface area contributed by atoms with Crippen molar-refractivity contribution in [3.8, 4) is 0 Å². The normalized spacial score (nSPS) is 18.9. The molecule has 0 aromatic heterocycles. The number of carbonyl (C=O) groups excluding carboxylic acids is 3. The van der Waals surface area contributed by atoms with E-state index in [1.54, 1.807) is 0 Å². The third-order valence-electron chi connectivity index (χ3n) is 12.6. The number of unbranched alkanes of at least 4 members (excludes halogenated alkanes) is 23. The standard InChI is InChI=1S/C59H100O12/c1-4-7-10-13-16-19-22-25-26-29-32-35-38-41-44-47-53(62)70-57-55(64)54(63)56(58(65)66)71-59(57)68-49-50(69-52(61)46-43-40-37-34-31-28-24-21-18-15-12-9-6-3)48-67-51(60)45-42-39-36-33-30-27-23-20-17-14-11-8-5-2/h8,11,17,20,25-27,30,36,39,50,54-57,59,63-64H,4-7,9-10,12-16,18-19,21-24,28-29,31-35,37-38,40-49H2,1-3H3,(H,65,66)/b11-8-,20-17-,26-25-,30-27-,39-36-. The van der Waals surface area contributed by atoms with E-state index in [9.17, 15) is 34.5 Å². The number of aliphatic hydroxyl groups excluding tert-OH is 2. The van der Waals surface area contributed by atoms with E-state index in [1.807, 2.05) is 12.2 Å². The first-order chi connectivity index (χ1) is 34.6. The zero-order valence-corrected chi connectivity index (χ0v) is 44.7. The van der Waals surface area contributed by atoms with Gasteiger partial charge in [-0.05, 0) is 70.6 Å². The Morgan fingerprint density at radius 2 is 0.915 bits per heavy atom. The summed E-state index contributed by atoms with van der Waals surface area (Å²) in [5, 5.41) is 31.4. The number of carboxylic acid groups (broad SMARTS) is 1. The first-order valence-corrected chi connectivity index (χ1v) is 28.3. The van der Waals surface area contributed by atoms with Crippen molar-refractivity contribution in [3.05, 3.63) is 60.8 Å². The summed E-state index contributed by atoms with van der Waals surface area (Å²) in [7, 11) is 0. The van der Waals surface area contributed by atoms with E-state index in [2.05, 4.69) is 69.4 Å². The maximum absolute atomic E-state index is 13.1. The van der Waals surface area contributed by atoms with E-state index < -0.39 is 67.3 Å². The quantitative estimate of drug-likeness (QED) is 0.0228. The third-order valence-corrected chi connectivity index (χ3v) is 12.6. The Kier molecular flexibility index (Phi) is 43.7. The van der Waals surface area contributed by atoms with E-state index >= 15 is 0 Å². The van der Waals surface area contributed by atoms with Crippen molar-refractivity contribution in [2.75, 3.05) is 13.2 Å². The zero-order valence-electron chi connectivity index (χ0n) is 44.7. The number of rotatable bonds is 47. The van der Waals surface area contributed by atoms with Gasteiger partial charge in [0.05, 0.1) is 6.61 Å².